The number of nitrogens with zero attached hydrogens (tertiary/aromatic N) is 1. The van der Waals surface area contributed by atoms with Gasteiger partial charge in [0.15, 0.2) is 0 Å². The molecule has 0 spiro atoms. The van der Waals surface area contributed by atoms with Gasteiger partial charge in [-0.1, -0.05) is 6.92 Å². The molecule has 0 radical (unpaired) electrons. The van der Waals surface area contributed by atoms with E-state index in [0.29, 0.717) is 19.0 Å². The first-order valence-corrected chi connectivity index (χ1v) is 7.37. The second-order valence-electron chi connectivity index (χ2n) is 5.29. The molecule has 116 valence electrons. The summed E-state index contributed by atoms with van der Waals surface area (Å²) in [5, 5.41) is 11.7. The molecule has 20 heavy (non-hydrogen) atoms. The Labute approximate surface area is 120 Å². The van der Waals surface area contributed by atoms with Crippen molar-refractivity contribution >= 4 is 12.0 Å². The van der Waals surface area contributed by atoms with Crippen molar-refractivity contribution in [2.24, 2.45) is 5.92 Å². The lowest BCUT2D eigenvalue weighted by molar-refractivity contribution is -0.138. The maximum Gasteiger partial charge on any atom is 0.317 e. The number of carbonyl (C=O) groups excluding carboxylic acids is 1. The van der Waals surface area contributed by atoms with E-state index in [1.807, 2.05) is 6.92 Å². The lowest BCUT2D eigenvalue weighted by atomic mass is 10.00. The summed E-state index contributed by atoms with van der Waals surface area (Å²) < 4.78 is 5.59. The lowest BCUT2D eigenvalue weighted by Crippen LogP contribution is -2.47. The fraction of sp³-hybridized carbons (Fsp3) is 0.857. The molecule has 6 nitrogen and oxygen atoms in total. The highest BCUT2D eigenvalue weighted by atomic mass is 16.5. The van der Waals surface area contributed by atoms with Gasteiger partial charge >= 0.3 is 12.0 Å². The van der Waals surface area contributed by atoms with Gasteiger partial charge in [0.05, 0.1) is 12.5 Å². The maximum absolute atomic E-state index is 12.1. The molecule has 1 saturated heterocycles. The van der Waals surface area contributed by atoms with Crippen LogP contribution in [0.25, 0.3) is 0 Å². The Kier molecular flexibility index (Phi) is 6.78. The molecule has 0 aliphatic carbocycles. The van der Waals surface area contributed by atoms with Gasteiger partial charge < -0.3 is 20.1 Å². The van der Waals surface area contributed by atoms with Gasteiger partial charge in [-0.2, -0.15) is 0 Å². The third-order valence-corrected chi connectivity index (χ3v) is 3.87. The van der Waals surface area contributed by atoms with Crippen LogP contribution >= 0.6 is 0 Å². The molecular weight excluding hydrogens is 260 g/mol. The Morgan fingerprint density at radius 3 is 2.70 bits per heavy atom. The summed E-state index contributed by atoms with van der Waals surface area (Å²) in [6.45, 7) is 7.53. The summed E-state index contributed by atoms with van der Waals surface area (Å²) >= 11 is 0. The molecule has 0 aromatic carbocycles. The van der Waals surface area contributed by atoms with Gasteiger partial charge in [-0.25, -0.2) is 4.79 Å². The van der Waals surface area contributed by atoms with Crippen molar-refractivity contribution < 1.29 is 19.4 Å². The molecule has 1 heterocycles. The van der Waals surface area contributed by atoms with Crippen LogP contribution in [0, 0.1) is 5.92 Å². The Hall–Kier alpha value is -1.30. The van der Waals surface area contributed by atoms with E-state index in [-0.39, 0.29) is 24.6 Å². The molecule has 2 N–H and O–H groups in total. The fourth-order valence-electron chi connectivity index (χ4n) is 2.72. The first-order chi connectivity index (χ1) is 9.49. The van der Waals surface area contributed by atoms with E-state index >= 15 is 0 Å². The highest BCUT2D eigenvalue weighted by molar-refractivity contribution is 5.75. The SMILES string of the molecule is CCC1OCCC1CNC(=O)N(CC)C(C)CC(=O)O. The van der Waals surface area contributed by atoms with Crippen molar-refractivity contribution in [3.8, 4) is 0 Å². The van der Waals surface area contributed by atoms with Crippen molar-refractivity contribution in [1.29, 1.82) is 0 Å². The molecule has 1 aliphatic heterocycles. The molecule has 1 aliphatic rings. The minimum absolute atomic E-state index is 0.0363. The van der Waals surface area contributed by atoms with Gasteiger partial charge in [-0.3, -0.25) is 4.79 Å². The predicted octanol–water partition coefficient (Wildman–Crippen LogP) is 1.70. The number of hydrogen-bond acceptors (Lipinski definition) is 3. The smallest absolute Gasteiger partial charge is 0.317 e. The normalized spacial score (nSPS) is 23.4. The predicted molar refractivity (Wildman–Crippen MR) is 75.6 cm³/mol. The van der Waals surface area contributed by atoms with E-state index in [2.05, 4.69) is 12.2 Å². The van der Waals surface area contributed by atoms with Crippen molar-refractivity contribution in [3.05, 3.63) is 0 Å². The van der Waals surface area contributed by atoms with Crippen LogP contribution in [0.5, 0.6) is 0 Å². The summed E-state index contributed by atoms with van der Waals surface area (Å²) in [6.07, 6.45) is 2.11. The largest absolute Gasteiger partial charge is 0.481 e. The standard InChI is InChI=1S/C14H26N2O4/c1-4-12-11(6-7-20-12)9-15-14(19)16(5-2)10(3)8-13(17)18/h10-12H,4-9H2,1-3H3,(H,15,19)(H,17,18). The van der Waals surface area contributed by atoms with Crippen LogP contribution in [0.4, 0.5) is 4.79 Å². The molecule has 3 unspecified atom stereocenters. The number of rotatable bonds is 7. The van der Waals surface area contributed by atoms with Crippen LogP contribution in [-0.4, -0.2) is 53.8 Å². The number of amides is 2. The molecular formula is C14H26N2O4. The molecule has 3 atom stereocenters. The first kappa shape index (κ1) is 16.8. The summed E-state index contributed by atoms with van der Waals surface area (Å²) in [4.78, 5) is 24.4. The average Bonchev–Trinajstić information content (AvgIpc) is 2.83. The summed E-state index contributed by atoms with van der Waals surface area (Å²) in [5.74, 6) is -0.531. The summed E-state index contributed by atoms with van der Waals surface area (Å²) in [6, 6.07) is -0.498. The minimum atomic E-state index is -0.890. The molecule has 0 bridgehead atoms. The van der Waals surface area contributed by atoms with Crippen molar-refractivity contribution in [3.63, 3.8) is 0 Å². The van der Waals surface area contributed by atoms with Crippen LogP contribution in [0.3, 0.4) is 0 Å². The van der Waals surface area contributed by atoms with Gasteiger partial charge in [0, 0.05) is 31.7 Å². The number of carbonyl (C=O) groups is 2. The van der Waals surface area contributed by atoms with E-state index < -0.39 is 5.97 Å². The van der Waals surface area contributed by atoms with Gasteiger partial charge in [-0.05, 0) is 26.7 Å². The zero-order valence-electron chi connectivity index (χ0n) is 12.6. The molecule has 0 saturated carbocycles. The molecule has 6 heteroatoms. The Morgan fingerprint density at radius 2 is 2.15 bits per heavy atom. The van der Waals surface area contributed by atoms with Crippen LogP contribution in [0.15, 0.2) is 0 Å². The number of ether oxygens (including phenoxy) is 1. The second kappa shape index (κ2) is 8.09. The van der Waals surface area contributed by atoms with E-state index in [1.54, 1.807) is 11.8 Å². The number of carboxylic acid groups (broad SMARTS) is 1. The van der Waals surface area contributed by atoms with Gasteiger partial charge in [0.25, 0.3) is 0 Å². The zero-order valence-corrected chi connectivity index (χ0v) is 12.6. The number of nitrogens with one attached hydrogen (secondary N) is 1. The Bertz CT molecular complexity index is 335. The first-order valence-electron chi connectivity index (χ1n) is 7.37. The monoisotopic (exact) mass is 286 g/mol. The van der Waals surface area contributed by atoms with Gasteiger partial charge in [0.2, 0.25) is 0 Å². The molecule has 2 amide bonds. The quantitative estimate of drug-likeness (QED) is 0.746. The number of aliphatic carboxylic acids is 1. The number of hydrogen-bond donors (Lipinski definition) is 2. The van der Waals surface area contributed by atoms with Crippen molar-refractivity contribution in [2.45, 2.75) is 52.2 Å². The second-order valence-corrected chi connectivity index (χ2v) is 5.29. The van der Waals surface area contributed by atoms with Crippen LogP contribution in [0.2, 0.25) is 0 Å². The minimum Gasteiger partial charge on any atom is -0.481 e. The van der Waals surface area contributed by atoms with Crippen LogP contribution in [0.1, 0.15) is 40.0 Å². The summed E-state index contributed by atoms with van der Waals surface area (Å²) in [5.41, 5.74) is 0. The summed E-state index contributed by atoms with van der Waals surface area (Å²) in [7, 11) is 0. The number of carboxylic acids is 1. The molecule has 1 rings (SSSR count). The fourth-order valence-corrected chi connectivity index (χ4v) is 2.72. The van der Waals surface area contributed by atoms with Gasteiger partial charge in [-0.15, -0.1) is 0 Å². The Balaban J connectivity index is 2.44. The van der Waals surface area contributed by atoms with E-state index in [4.69, 9.17) is 9.84 Å². The molecule has 0 aromatic heterocycles. The third-order valence-electron chi connectivity index (χ3n) is 3.87. The van der Waals surface area contributed by atoms with Crippen molar-refractivity contribution in [1.82, 2.24) is 10.2 Å². The van der Waals surface area contributed by atoms with Crippen LogP contribution in [-0.2, 0) is 9.53 Å². The van der Waals surface area contributed by atoms with Crippen LogP contribution < -0.4 is 5.32 Å². The average molecular weight is 286 g/mol. The van der Waals surface area contributed by atoms with Gasteiger partial charge in [0.1, 0.15) is 0 Å². The zero-order chi connectivity index (χ0) is 15.1. The molecule has 0 aromatic rings. The Morgan fingerprint density at radius 1 is 1.45 bits per heavy atom. The van der Waals surface area contributed by atoms with E-state index in [9.17, 15) is 9.59 Å². The molecule has 1 fully saturated rings. The number of urea groups is 1. The van der Waals surface area contributed by atoms with Crippen molar-refractivity contribution in [2.75, 3.05) is 19.7 Å². The van der Waals surface area contributed by atoms with E-state index in [0.717, 1.165) is 19.4 Å². The van der Waals surface area contributed by atoms with E-state index in [1.165, 1.54) is 0 Å². The topological polar surface area (TPSA) is 78.9 Å². The highest BCUT2D eigenvalue weighted by Crippen LogP contribution is 2.22. The third kappa shape index (κ3) is 4.67. The highest BCUT2D eigenvalue weighted by Gasteiger charge is 2.28. The lowest BCUT2D eigenvalue weighted by Gasteiger charge is -2.28. The maximum atomic E-state index is 12.1.